The lowest BCUT2D eigenvalue weighted by Gasteiger charge is -2.32. The molecule has 1 aliphatic rings. The third-order valence-electron chi connectivity index (χ3n) is 5.04. The van der Waals surface area contributed by atoms with Gasteiger partial charge in [0, 0.05) is 41.3 Å². The fraction of sp³-hybridized carbons (Fsp3) is 0.300. The Hall–Kier alpha value is -2.27. The Bertz CT molecular complexity index is 879. The maximum atomic E-state index is 12.7. The quantitative estimate of drug-likeness (QED) is 0.716. The number of hydrogen-bond donors (Lipinski definition) is 1. The minimum Gasteiger partial charge on any atom is -0.346 e. The first-order valence-corrected chi connectivity index (χ1v) is 9.84. The second-order valence-corrected chi connectivity index (χ2v) is 7.32. The number of rotatable bonds is 3. The summed E-state index contributed by atoms with van der Waals surface area (Å²) in [5, 5.41) is 1.21. The molecular weight excluding hydrogens is 330 g/mol. The molecule has 5 heteroatoms. The topological polar surface area (TPSA) is 49.0 Å². The van der Waals surface area contributed by atoms with Crippen LogP contribution in [0.3, 0.4) is 0 Å². The number of thioether (sulfide) groups is 1. The molecule has 1 amide bonds. The van der Waals surface area contributed by atoms with Gasteiger partial charge in [0.2, 0.25) is 0 Å². The molecule has 4 rings (SSSR count). The zero-order valence-electron chi connectivity index (χ0n) is 14.2. The van der Waals surface area contributed by atoms with Gasteiger partial charge < -0.3 is 9.88 Å². The average molecular weight is 351 g/mol. The number of likely N-dealkylation sites (tertiary alicyclic amines) is 1. The number of aromatic nitrogens is 2. The van der Waals surface area contributed by atoms with Gasteiger partial charge in [0.25, 0.3) is 5.91 Å². The fourth-order valence-electron chi connectivity index (χ4n) is 3.62. The van der Waals surface area contributed by atoms with E-state index in [9.17, 15) is 4.79 Å². The number of fused-ring (bicyclic) bond motifs is 1. The highest BCUT2D eigenvalue weighted by atomic mass is 32.2. The van der Waals surface area contributed by atoms with Crippen molar-refractivity contribution in [1.29, 1.82) is 0 Å². The van der Waals surface area contributed by atoms with Gasteiger partial charge in [-0.1, -0.05) is 0 Å². The van der Waals surface area contributed by atoms with E-state index >= 15 is 0 Å². The van der Waals surface area contributed by atoms with Crippen molar-refractivity contribution in [2.24, 2.45) is 0 Å². The van der Waals surface area contributed by atoms with E-state index in [0.717, 1.165) is 37.1 Å². The molecular formula is C20H21N3OS. The summed E-state index contributed by atoms with van der Waals surface area (Å²) in [7, 11) is 0. The van der Waals surface area contributed by atoms with E-state index in [0.29, 0.717) is 5.92 Å². The van der Waals surface area contributed by atoms with Crippen molar-refractivity contribution in [2.75, 3.05) is 19.3 Å². The Morgan fingerprint density at radius 1 is 1.20 bits per heavy atom. The molecule has 1 saturated heterocycles. The molecule has 3 heterocycles. The summed E-state index contributed by atoms with van der Waals surface area (Å²) in [5.74, 6) is 0.632. The lowest BCUT2D eigenvalue weighted by Crippen LogP contribution is -2.37. The van der Waals surface area contributed by atoms with E-state index in [-0.39, 0.29) is 5.91 Å². The van der Waals surface area contributed by atoms with Gasteiger partial charge in [-0.05, 0) is 67.0 Å². The van der Waals surface area contributed by atoms with Gasteiger partial charge in [0.05, 0.1) is 0 Å². The number of carbonyl (C=O) groups excluding carboxylic acids is 1. The number of amides is 1. The largest absolute Gasteiger partial charge is 0.346 e. The Labute approximate surface area is 151 Å². The Kier molecular flexibility index (Phi) is 4.49. The van der Waals surface area contributed by atoms with Gasteiger partial charge in [-0.3, -0.25) is 4.79 Å². The summed E-state index contributed by atoms with van der Waals surface area (Å²) in [6.07, 6.45) is 7.93. The fourth-order valence-corrected chi connectivity index (χ4v) is 4.03. The molecule has 0 saturated carbocycles. The third kappa shape index (κ3) is 3.16. The monoisotopic (exact) mass is 351 g/mol. The van der Waals surface area contributed by atoms with Crippen LogP contribution in [-0.2, 0) is 0 Å². The second-order valence-electron chi connectivity index (χ2n) is 6.44. The van der Waals surface area contributed by atoms with Gasteiger partial charge in [-0.15, -0.1) is 11.8 Å². The van der Waals surface area contributed by atoms with Crippen molar-refractivity contribution in [2.45, 2.75) is 23.7 Å². The van der Waals surface area contributed by atoms with E-state index in [1.165, 1.54) is 15.8 Å². The molecule has 1 fully saturated rings. The van der Waals surface area contributed by atoms with E-state index in [2.05, 4.69) is 22.2 Å². The Morgan fingerprint density at radius 2 is 1.96 bits per heavy atom. The Morgan fingerprint density at radius 3 is 2.68 bits per heavy atom. The van der Waals surface area contributed by atoms with E-state index in [1.54, 1.807) is 11.8 Å². The molecule has 1 aliphatic heterocycles. The molecule has 0 spiro atoms. The summed E-state index contributed by atoms with van der Waals surface area (Å²) in [6.45, 7) is 1.61. The van der Waals surface area contributed by atoms with Gasteiger partial charge in [-0.2, -0.15) is 0 Å². The van der Waals surface area contributed by atoms with Crippen molar-refractivity contribution in [3.63, 3.8) is 0 Å². The maximum absolute atomic E-state index is 12.7. The number of hydrogen-bond acceptors (Lipinski definition) is 3. The van der Waals surface area contributed by atoms with E-state index in [4.69, 9.17) is 0 Å². The number of pyridine rings is 1. The molecule has 25 heavy (non-hydrogen) atoms. The minimum absolute atomic E-state index is 0.145. The first-order valence-electron chi connectivity index (χ1n) is 8.61. The van der Waals surface area contributed by atoms with E-state index < -0.39 is 0 Å². The molecule has 0 radical (unpaired) electrons. The summed E-state index contributed by atoms with van der Waals surface area (Å²) < 4.78 is 0. The molecule has 128 valence electrons. The molecule has 1 aromatic carbocycles. The lowest BCUT2D eigenvalue weighted by atomic mass is 9.89. The summed E-state index contributed by atoms with van der Waals surface area (Å²) in [6, 6.07) is 12.0. The predicted octanol–water partition coefficient (Wildman–Crippen LogP) is 4.30. The molecule has 1 N–H and O–H groups in total. The van der Waals surface area contributed by atoms with Crippen LogP contribution in [0, 0.1) is 0 Å². The third-order valence-corrected chi connectivity index (χ3v) is 5.79. The molecule has 0 aliphatic carbocycles. The van der Waals surface area contributed by atoms with Crippen LogP contribution >= 0.6 is 11.8 Å². The predicted molar refractivity (Wildman–Crippen MR) is 102 cm³/mol. The van der Waals surface area contributed by atoms with Gasteiger partial charge in [0.1, 0.15) is 5.65 Å². The van der Waals surface area contributed by atoms with Crippen molar-refractivity contribution in [3.05, 3.63) is 59.9 Å². The average Bonchev–Trinajstić information content (AvgIpc) is 3.12. The van der Waals surface area contributed by atoms with Gasteiger partial charge in [-0.25, -0.2) is 4.98 Å². The number of carbonyl (C=O) groups is 1. The minimum atomic E-state index is 0.145. The number of piperidine rings is 1. The van der Waals surface area contributed by atoms with Crippen LogP contribution in [0.4, 0.5) is 0 Å². The zero-order valence-corrected chi connectivity index (χ0v) is 15.1. The lowest BCUT2D eigenvalue weighted by molar-refractivity contribution is 0.0713. The number of H-pyrrole nitrogens is 1. The standard InChI is InChI=1S/C20H21N3OS/c1-25-16-6-4-15(5-7-16)20(24)23-11-8-14(9-12-23)18-13-22-19-17(18)3-2-10-21-19/h2-7,10,13-14H,8-9,11-12H2,1H3,(H,21,22). The molecule has 2 aromatic heterocycles. The smallest absolute Gasteiger partial charge is 0.253 e. The number of nitrogens with zero attached hydrogens (tertiary/aromatic N) is 2. The van der Waals surface area contributed by atoms with E-state index in [1.807, 2.05) is 47.7 Å². The SMILES string of the molecule is CSc1ccc(C(=O)N2CCC(c3c[nH]c4ncccc34)CC2)cc1. The number of benzene rings is 1. The summed E-state index contributed by atoms with van der Waals surface area (Å²) in [4.78, 5) is 23.5. The van der Waals surface area contributed by atoms with Crippen LogP contribution in [0.1, 0.15) is 34.7 Å². The first-order chi connectivity index (χ1) is 12.3. The highest BCUT2D eigenvalue weighted by Gasteiger charge is 2.26. The van der Waals surface area contributed by atoms with Crippen molar-refractivity contribution >= 4 is 28.7 Å². The van der Waals surface area contributed by atoms with Gasteiger partial charge >= 0.3 is 0 Å². The Balaban J connectivity index is 1.44. The molecule has 3 aromatic rings. The molecule has 0 bridgehead atoms. The summed E-state index contributed by atoms with van der Waals surface area (Å²) in [5.41, 5.74) is 3.07. The number of aromatic amines is 1. The molecule has 0 unspecified atom stereocenters. The van der Waals surface area contributed by atoms with Crippen LogP contribution in [-0.4, -0.2) is 40.1 Å². The summed E-state index contributed by atoms with van der Waals surface area (Å²) >= 11 is 1.69. The normalized spacial score (nSPS) is 15.6. The van der Waals surface area contributed by atoms with Crippen LogP contribution in [0.2, 0.25) is 0 Å². The van der Waals surface area contributed by atoms with Crippen LogP contribution in [0.15, 0.2) is 53.7 Å². The van der Waals surface area contributed by atoms with Gasteiger partial charge in [0.15, 0.2) is 0 Å². The van der Waals surface area contributed by atoms with Crippen molar-refractivity contribution in [1.82, 2.24) is 14.9 Å². The highest BCUT2D eigenvalue weighted by Crippen LogP contribution is 2.33. The van der Waals surface area contributed by atoms with Crippen LogP contribution in [0.5, 0.6) is 0 Å². The number of nitrogens with one attached hydrogen (secondary N) is 1. The van der Waals surface area contributed by atoms with Crippen LogP contribution in [0.25, 0.3) is 11.0 Å². The van der Waals surface area contributed by atoms with Crippen molar-refractivity contribution in [3.8, 4) is 0 Å². The second kappa shape index (κ2) is 6.92. The first kappa shape index (κ1) is 16.2. The van der Waals surface area contributed by atoms with Crippen LogP contribution < -0.4 is 0 Å². The molecule has 0 atom stereocenters. The zero-order chi connectivity index (χ0) is 17.2. The highest BCUT2D eigenvalue weighted by molar-refractivity contribution is 7.98. The van der Waals surface area contributed by atoms with Crippen molar-refractivity contribution < 1.29 is 4.79 Å². The maximum Gasteiger partial charge on any atom is 0.253 e. The molecule has 4 nitrogen and oxygen atoms in total.